The summed E-state index contributed by atoms with van der Waals surface area (Å²) in [6.07, 6.45) is 1.73. The number of hydrogen-bond donors (Lipinski definition) is 2. The predicted molar refractivity (Wildman–Crippen MR) is 151 cm³/mol. The number of rotatable bonds is 6. The molecule has 0 saturated carbocycles. The molecule has 0 saturated heterocycles. The lowest BCUT2D eigenvalue weighted by Gasteiger charge is -2.27. The Bertz CT molecular complexity index is 1610. The number of carboxylic acid groups (broad SMARTS) is 1. The summed E-state index contributed by atoms with van der Waals surface area (Å²) in [5.41, 5.74) is 5.32. The predicted octanol–water partition coefficient (Wildman–Crippen LogP) is 5.23. The standard InChI is InChI=1S/C27H26N6OS.C2HF3O2/c1-32(2)23-10-11-24-25(13-23)35-27(30-24)31-26(34)21-5-3-4-19(12-21)16-33-17-22(15-29-33)20-8-6-18(14-28)7-9-20;3-2(4,5)1(6)7/h3-9,12,15,17,23H,10-11,13,16H2,1-2H3,(H,30,31,34);(H,6,7). The van der Waals surface area contributed by atoms with Crippen molar-refractivity contribution >= 4 is 28.3 Å². The Morgan fingerprint density at radius 2 is 1.90 bits per heavy atom. The van der Waals surface area contributed by atoms with E-state index in [1.54, 1.807) is 23.5 Å². The van der Waals surface area contributed by atoms with Gasteiger partial charge in [0.1, 0.15) is 0 Å². The summed E-state index contributed by atoms with van der Waals surface area (Å²) in [5, 5.41) is 24.2. The third-order valence-electron chi connectivity index (χ3n) is 6.62. The van der Waals surface area contributed by atoms with E-state index in [2.05, 4.69) is 40.5 Å². The molecule has 2 aromatic carbocycles. The van der Waals surface area contributed by atoms with E-state index in [-0.39, 0.29) is 5.91 Å². The topological polar surface area (TPSA) is 124 Å². The molecule has 0 bridgehead atoms. The molecule has 1 unspecified atom stereocenters. The van der Waals surface area contributed by atoms with Gasteiger partial charge >= 0.3 is 12.1 Å². The number of aryl methyl sites for hydroxylation is 1. The Kier molecular flexibility index (Phi) is 9.39. The number of carboxylic acids is 1. The molecule has 0 spiro atoms. The van der Waals surface area contributed by atoms with Crippen molar-refractivity contribution in [3.8, 4) is 17.2 Å². The number of carbonyl (C=O) groups excluding carboxylic acids is 1. The van der Waals surface area contributed by atoms with Crippen molar-refractivity contribution in [2.45, 2.75) is 38.0 Å². The first-order chi connectivity index (χ1) is 19.9. The lowest BCUT2D eigenvalue weighted by molar-refractivity contribution is -0.192. The van der Waals surface area contributed by atoms with Gasteiger partial charge in [-0.05, 0) is 68.8 Å². The number of carbonyl (C=O) groups is 2. The number of anilines is 1. The Hall–Kier alpha value is -4.54. The second-order valence-electron chi connectivity index (χ2n) is 9.82. The molecule has 1 atom stereocenters. The Labute approximate surface area is 243 Å². The molecule has 1 amide bonds. The number of benzene rings is 2. The second-order valence-corrected chi connectivity index (χ2v) is 10.9. The summed E-state index contributed by atoms with van der Waals surface area (Å²) in [4.78, 5) is 30.1. The van der Waals surface area contributed by atoms with E-state index in [0.29, 0.717) is 28.8 Å². The van der Waals surface area contributed by atoms with Crippen LogP contribution < -0.4 is 5.32 Å². The molecule has 0 radical (unpaired) electrons. The number of thiazole rings is 1. The third-order valence-corrected chi connectivity index (χ3v) is 7.66. The van der Waals surface area contributed by atoms with E-state index in [9.17, 15) is 18.0 Å². The number of hydrogen-bond acceptors (Lipinski definition) is 7. The van der Waals surface area contributed by atoms with Crippen LogP contribution in [0.5, 0.6) is 0 Å². The normalized spacial score (nSPS) is 14.4. The van der Waals surface area contributed by atoms with Gasteiger partial charge in [0.2, 0.25) is 0 Å². The highest BCUT2D eigenvalue weighted by atomic mass is 32.1. The lowest BCUT2D eigenvalue weighted by atomic mass is 9.97. The zero-order chi connectivity index (χ0) is 30.4. The maximum absolute atomic E-state index is 12.9. The number of alkyl halides is 3. The monoisotopic (exact) mass is 596 g/mol. The van der Waals surface area contributed by atoms with Crippen LogP contribution in [0, 0.1) is 11.3 Å². The van der Waals surface area contributed by atoms with Crippen LogP contribution in [0.4, 0.5) is 18.3 Å². The largest absolute Gasteiger partial charge is 0.490 e. The van der Waals surface area contributed by atoms with Gasteiger partial charge < -0.3 is 10.0 Å². The van der Waals surface area contributed by atoms with Crippen molar-refractivity contribution in [2.75, 3.05) is 19.4 Å². The fraction of sp³-hybridized carbons (Fsp3) is 0.276. The van der Waals surface area contributed by atoms with Crippen LogP contribution in [-0.4, -0.2) is 63.0 Å². The number of fused-ring (bicyclic) bond motifs is 1. The van der Waals surface area contributed by atoms with E-state index in [1.807, 2.05) is 53.5 Å². The molecule has 2 N–H and O–H groups in total. The van der Waals surface area contributed by atoms with E-state index in [4.69, 9.17) is 15.2 Å². The quantitative estimate of drug-likeness (QED) is 0.312. The van der Waals surface area contributed by atoms with Crippen LogP contribution in [0.25, 0.3) is 11.1 Å². The highest BCUT2D eigenvalue weighted by Gasteiger charge is 2.38. The average Bonchev–Trinajstić information content (AvgIpc) is 3.59. The highest BCUT2D eigenvalue weighted by Crippen LogP contribution is 2.31. The fourth-order valence-electron chi connectivity index (χ4n) is 4.36. The van der Waals surface area contributed by atoms with Gasteiger partial charge in [-0.15, -0.1) is 11.3 Å². The minimum atomic E-state index is -5.08. The molecule has 0 aliphatic heterocycles. The number of aromatic nitrogens is 3. The van der Waals surface area contributed by atoms with Crippen LogP contribution in [0.15, 0.2) is 60.9 Å². The summed E-state index contributed by atoms with van der Waals surface area (Å²) in [6.45, 7) is 0.550. The first-order valence-corrected chi connectivity index (χ1v) is 13.6. The summed E-state index contributed by atoms with van der Waals surface area (Å²) < 4.78 is 33.6. The number of nitrogens with one attached hydrogen (secondary N) is 1. The van der Waals surface area contributed by atoms with Gasteiger partial charge in [0.25, 0.3) is 5.91 Å². The van der Waals surface area contributed by atoms with Crippen LogP contribution >= 0.6 is 11.3 Å². The number of likely N-dealkylation sites (N-methyl/N-ethyl adjacent to an activating group) is 1. The van der Waals surface area contributed by atoms with Gasteiger partial charge in [-0.25, -0.2) is 9.78 Å². The van der Waals surface area contributed by atoms with Gasteiger partial charge in [-0.1, -0.05) is 24.3 Å². The van der Waals surface area contributed by atoms with Crippen LogP contribution in [-0.2, 0) is 24.2 Å². The minimum Gasteiger partial charge on any atom is -0.475 e. The van der Waals surface area contributed by atoms with E-state index < -0.39 is 12.1 Å². The van der Waals surface area contributed by atoms with Gasteiger partial charge in [0, 0.05) is 28.2 Å². The van der Waals surface area contributed by atoms with Crippen molar-refractivity contribution < 1.29 is 27.9 Å². The number of amides is 1. The highest BCUT2D eigenvalue weighted by molar-refractivity contribution is 7.15. The first kappa shape index (κ1) is 30.4. The fourth-order valence-corrected chi connectivity index (χ4v) is 5.43. The molecule has 0 fully saturated rings. The Morgan fingerprint density at radius 1 is 1.19 bits per heavy atom. The maximum atomic E-state index is 12.9. The van der Waals surface area contributed by atoms with Crippen LogP contribution in [0.2, 0.25) is 0 Å². The summed E-state index contributed by atoms with van der Waals surface area (Å²) in [6, 6.07) is 17.7. The second kappa shape index (κ2) is 13.0. The Morgan fingerprint density at radius 3 is 2.55 bits per heavy atom. The molecule has 9 nitrogen and oxygen atoms in total. The number of halogens is 3. The summed E-state index contributed by atoms with van der Waals surface area (Å²) in [7, 11) is 4.23. The van der Waals surface area contributed by atoms with Crippen molar-refractivity contribution in [3.05, 3.63) is 88.2 Å². The van der Waals surface area contributed by atoms with Crippen LogP contribution in [0.3, 0.4) is 0 Å². The Balaban J connectivity index is 0.000000517. The van der Waals surface area contributed by atoms with Crippen molar-refractivity contribution in [2.24, 2.45) is 0 Å². The molecule has 218 valence electrons. The van der Waals surface area contributed by atoms with E-state index in [1.165, 1.54) is 4.88 Å². The van der Waals surface area contributed by atoms with Gasteiger partial charge in [-0.2, -0.15) is 23.5 Å². The first-order valence-electron chi connectivity index (χ1n) is 12.8. The molecular weight excluding hydrogens is 569 g/mol. The third kappa shape index (κ3) is 7.80. The van der Waals surface area contributed by atoms with Crippen molar-refractivity contribution in [1.82, 2.24) is 19.7 Å². The SMILES string of the molecule is CN(C)C1CCc2nc(NC(=O)c3cccc(Cn4cc(-c5ccc(C#N)cc5)cn4)c3)sc2C1.O=C(O)C(F)(F)F. The van der Waals surface area contributed by atoms with Crippen molar-refractivity contribution in [3.63, 3.8) is 0 Å². The van der Waals surface area contributed by atoms with Crippen LogP contribution in [0.1, 0.15) is 38.5 Å². The maximum Gasteiger partial charge on any atom is 0.490 e. The van der Waals surface area contributed by atoms with Crippen molar-refractivity contribution in [1.29, 1.82) is 5.26 Å². The smallest absolute Gasteiger partial charge is 0.475 e. The molecule has 1 aliphatic carbocycles. The minimum absolute atomic E-state index is 0.152. The molecule has 2 heterocycles. The van der Waals surface area contributed by atoms with Gasteiger partial charge in [0.05, 0.1) is 30.1 Å². The molecule has 13 heteroatoms. The summed E-state index contributed by atoms with van der Waals surface area (Å²) in [5.74, 6) is -2.91. The summed E-state index contributed by atoms with van der Waals surface area (Å²) >= 11 is 1.59. The van der Waals surface area contributed by atoms with E-state index in [0.717, 1.165) is 41.6 Å². The zero-order valence-corrected chi connectivity index (χ0v) is 23.5. The average molecular weight is 597 g/mol. The molecule has 1 aliphatic rings. The molecular formula is C29H27F3N6O3S. The number of aliphatic carboxylic acids is 1. The lowest BCUT2D eigenvalue weighted by Crippen LogP contribution is -2.32. The number of nitriles is 1. The number of nitrogens with zero attached hydrogens (tertiary/aromatic N) is 5. The molecule has 42 heavy (non-hydrogen) atoms. The van der Waals surface area contributed by atoms with Gasteiger partial charge in [0.15, 0.2) is 5.13 Å². The zero-order valence-electron chi connectivity index (χ0n) is 22.7. The molecule has 5 rings (SSSR count). The van der Waals surface area contributed by atoms with E-state index >= 15 is 0 Å². The molecule has 2 aromatic heterocycles. The van der Waals surface area contributed by atoms with Gasteiger partial charge in [-0.3, -0.25) is 14.8 Å². The molecule has 4 aromatic rings.